The van der Waals surface area contributed by atoms with Crippen LogP contribution in [0.25, 0.3) is 10.9 Å². The van der Waals surface area contributed by atoms with E-state index in [2.05, 4.69) is 15.6 Å². The molecule has 0 aliphatic carbocycles. The zero-order valence-corrected chi connectivity index (χ0v) is 18.7. The molecular weight excluding hydrogens is 410 g/mol. The summed E-state index contributed by atoms with van der Waals surface area (Å²) in [6, 6.07) is 18.6. The lowest BCUT2D eigenvalue weighted by Crippen LogP contribution is -2.47. The van der Waals surface area contributed by atoms with Gasteiger partial charge in [0.1, 0.15) is 11.6 Å². The van der Waals surface area contributed by atoms with Crippen molar-refractivity contribution >= 4 is 40.4 Å². The average Bonchev–Trinajstić information content (AvgIpc) is 2.72. The lowest BCUT2D eigenvalue weighted by Gasteiger charge is -2.23. The summed E-state index contributed by atoms with van der Waals surface area (Å²) in [4.78, 5) is 29.6. The van der Waals surface area contributed by atoms with Gasteiger partial charge in [0.2, 0.25) is 5.91 Å². The van der Waals surface area contributed by atoms with Crippen molar-refractivity contribution in [3.63, 3.8) is 0 Å². The van der Waals surface area contributed by atoms with E-state index in [1.807, 2.05) is 54.6 Å². The molecule has 0 saturated carbocycles. The summed E-state index contributed by atoms with van der Waals surface area (Å²) in [7, 11) is 0. The molecular formula is C24H27N3O3S. The zero-order valence-electron chi connectivity index (χ0n) is 17.9. The van der Waals surface area contributed by atoms with Crippen LogP contribution in [0.1, 0.15) is 26.3 Å². The fourth-order valence-corrected chi connectivity index (χ4v) is 3.90. The number of ether oxygens (including phenoxy) is 1. The predicted octanol–water partition coefficient (Wildman–Crippen LogP) is 5.00. The van der Waals surface area contributed by atoms with Crippen molar-refractivity contribution in [2.75, 3.05) is 11.1 Å². The Kier molecular flexibility index (Phi) is 7.52. The van der Waals surface area contributed by atoms with E-state index in [1.54, 1.807) is 44.8 Å². The van der Waals surface area contributed by atoms with Gasteiger partial charge in [-0.15, -0.1) is 0 Å². The Hall–Kier alpha value is -3.06. The molecule has 2 N–H and O–H groups in total. The van der Waals surface area contributed by atoms with Gasteiger partial charge in [0, 0.05) is 28.8 Å². The van der Waals surface area contributed by atoms with Crippen LogP contribution in [0.3, 0.4) is 0 Å². The summed E-state index contributed by atoms with van der Waals surface area (Å²) in [5.74, 6) is 0.854. The maximum atomic E-state index is 13.0. The van der Waals surface area contributed by atoms with Crippen molar-refractivity contribution in [3.8, 4) is 0 Å². The fourth-order valence-electron chi connectivity index (χ4n) is 2.88. The van der Waals surface area contributed by atoms with Crippen molar-refractivity contribution in [3.05, 3.63) is 72.4 Å². The van der Waals surface area contributed by atoms with Gasteiger partial charge in [-0.05, 0) is 50.6 Å². The van der Waals surface area contributed by atoms with Crippen LogP contribution in [0.15, 0.2) is 66.9 Å². The summed E-state index contributed by atoms with van der Waals surface area (Å²) in [5, 5.41) is 6.54. The Morgan fingerprint density at radius 3 is 2.58 bits per heavy atom. The SMILES string of the molecule is CC(C)(C)OC(=O)NC(CSCc1ccccc1)C(=O)Nc1ccc2ncccc2c1. The van der Waals surface area contributed by atoms with Crippen LogP contribution < -0.4 is 10.6 Å². The molecule has 162 valence electrons. The standard InChI is InChI=1S/C24H27N3O3S/c1-24(2,3)30-23(29)27-21(16-31-15-17-8-5-4-6-9-17)22(28)26-19-11-12-20-18(14-19)10-7-13-25-20/h4-14,21H,15-16H2,1-3H3,(H,26,28)(H,27,29). The number of anilines is 1. The molecule has 2 amide bonds. The Bertz CT molecular complexity index is 1030. The lowest BCUT2D eigenvalue weighted by atomic mass is 10.2. The molecule has 0 saturated heterocycles. The molecule has 0 spiro atoms. The van der Waals surface area contributed by atoms with Crippen molar-refractivity contribution in [2.24, 2.45) is 0 Å². The fraction of sp³-hybridized carbons (Fsp3) is 0.292. The number of rotatable bonds is 7. The van der Waals surface area contributed by atoms with E-state index in [0.717, 1.165) is 22.2 Å². The smallest absolute Gasteiger partial charge is 0.408 e. The Morgan fingerprint density at radius 2 is 1.84 bits per heavy atom. The molecule has 1 heterocycles. The highest BCUT2D eigenvalue weighted by molar-refractivity contribution is 7.98. The number of carbonyl (C=O) groups is 2. The van der Waals surface area contributed by atoms with E-state index in [9.17, 15) is 9.59 Å². The first-order chi connectivity index (χ1) is 14.8. The molecule has 2 aromatic carbocycles. The number of alkyl carbamates (subject to hydrolysis) is 1. The van der Waals surface area contributed by atoms with E-state index >= 15 is 0 Å². The second-order valence-electron chi connectivity index (χ2n) is 8.10. The maximum absolute atomic E-state index is 13.0. The van der Waals surface area contributed by atoms with Gasteiger partial charge in [0.05, 0.1) is 5.52 Å². The second-order valence-corrected chi connectivity index (χ2v) is 9.13. The third-order valence-corrected chi connectivity index (χ3v) is 5.38. The number of amides is 2. The maximum Gasteiger partial charge on any atom is 0.408 e. The molecule has 0 radical (unpaired) electrons. The van der Waals surface area contributed by atoms with Gasteiger partial charge in [0.15, 0.2) is 0 Å². The molecule has 0 bridgehead atoms. The number of fused-ring (bicyclic) bond motifs is 1. The van der Waals surface area contributed by atoms with Gasteiger partial charge >= 0.3 is 6.09 Å². The Morgan fingerprint density at radius 1 is 1.06 bits per heavy atom. The third kappa shape index (κ3) is 7.29. The summed E-state index contributed by atoms with van der Waals surface area (Å²) in [6.07, 6.45) is 1.11. The minimum absolute atomic E-state index is 0.297. The molecule has 1 aromatic heterocycles. The second kappa shape index (κ2) is 10.3. The molecule has 0 aliphatic heterocycles. The predicted molar refractivity (Wildman–Crippen MR) is 126 cm³/mol. The average molecular weight is 438 g/mol. The molecule has 1 atom stereocenters. The van der Waals surface area contributed by atoms with Crippen LogP contribution in [0.4, 0.5) is 10.5 Å². The van der Waals surface area contributed by atoms with Gasteiger partial charge in [-0.1, -0.05) is 36.4 Å². The Balaban J connectivity index is 1.68. The minimum Gasteiger partial charge on any atom is -0.444 e. The lowest BCUT2D eigenvalue weighted by molar-refractivity contribution is -0.117. The van der Waals surface area contributed by atoms with Gasteiger partial charge in [-0.25, -0.2) is 4.79 Å². The number of nitrogens with zero attached hydrogens (tertiary/aromatic N) is 1. The van der Waals surface area contributed by atoms with Crippen molar-refractivity contribution < 1.29 is 14.3 Å². The van der Waals surface area contributed by atoms with Crippen molar-refractivity contribution in [1.29, 1.82) is 0 Å². The number of thioether (sulfide) groups is 1. The van der Waals surface area contributed by atoms with E-state index in [1.165, 1.54) is 0 Å². The van der Waals surface area contributed by atoms with Crippen LogP contribution in [-0.4, -0.2) is 34.4 Å². The topological polar surface area (TPSA) is 80.3 Å². The molecule has 1 unspecified atom stereocenters. The number of aromatic nitrogens is 1. The first-order valence-electron chi connectivity index (χ1n) is 10.1. The number of nitrogens with one attached hydrogen (secondary N) is 2. The highest BCUT2D eigenvalue weighted by Crippen LogP contribution is 2.19. The molecule has 31 heavy (non-hydrogen) atoms. The van der Waals surface area contributed by atoms with E-state index < -0.39 is 17.7 Å². The normalized spacial score (nSPS) is 12.2. The Labute approximate surface area is 186 Å². The van der Waals surface area contributed by atoms with Crippen molar-refractivity contribution in [1.82, 2.24) is 10.3 Å². The third-order valence-electron chi connectivity index (χ3n) is 4.27. The van der Waals surface area contributed by atoms with Crippen LogP contribution >= 0.6 is 11.8 Å². The number of hydrogen-bond acceptors (Lipinski definition) is 5. The summed E-state index contributed by atoms with van der Waals surface area (Å²) < 4.78 is 5.34. The largest absolute Gasteiger partial charge is 0.444 e. The molecule has 3 aromatic rings. The molecule has 0 aliphatic rings. The number of pyridine rings is 1. The van der Waals surface area contributed by atoms with E-state index in [0.29, 0.717) is 11.4 Å². The highest BCUT2D eigenvalue weighted by atomic mass is 32.2. The minimum atomic E-state index is -0.742. The molecule has 3 rings (SSSR count). The van der Waals surface area contributed by atoms with Crippen LogP contribution in [0.5, 0.6) is 0 Å². The van der Waals surface area contributed by atoms with Crippen LogP contribution in [-0.2, 0) is 15.3 Å². The number of carbonyl (C=O) groups excluding carboxylic acids is 2. The van der Waals surface area contributed by atoms with E-state index in [-0.39, 0.29) is 5.91 Å². The first kappa shape index (κ1) is 22.6. The van der Waals surface area contributed by atoms with Crippen molar-refractivity contribution in [2.45, 2.75) is 38.2 Å². The van der Waals surface area contributed by atoms with Gasteiger partial charge < -0.3 is 15.4 Å². The highest BCUT2D eigenvalue weighted by Gasteiger charge is 2.24. The number of hydrogen-bond donors (Lipinski definition) is 2. The van der Waals surface area contributed by atoms with Crippen LogP contribution in [0, 0.1) is 0 Å². The summed E-state index contributed by atoms with van der Waals surface area (Å²) in [5.41, 5.74) is 2.01. The summed E-state index contributed by atoms with van der Waals surface area (Å²) in [6.45, 7) is 5.36. The quantitative estimate of drug-likeness (QED) is 0.544. The zero-order chi connectivity index (χ0) is 22.3. The van der Waals surface area contributed by atoms with E-state index in [4.69, 9.17) is 4.74 Å². The van der Waals surface area contributed by atoms with Gasteiger partial charge in [-0.2, -0.15) is 11.8 Å². The summed E-state index contributed by atoms with van der Waals surface area (Å²) >= 11 is 1.57. The van der Waals surface area contributed by atoms with Crippen LogP contribution in [0.2, 0.25) is 0 Å². The molecule has 6 nitrogen and oxygen atoms in total. The monoisotopic (exact) mass is 437 g/mol. The molecule has 0 fully saturated rings. The number of benzene rings is 2. The van der Waals surface area contributed by atoms with Gasteiger partial charge in [0.25, 0.3) is 0 Å². The first-order valence-corrected chi connectivity index (χ1v) is 11.2. The molecule has 7 heteroatoms. The van der Waals surface area contributed by atoms with Gasteiger partial charge in [-0.3, -0.25) is 9.78 Å².